The van der Waals surface area contributed by atoms with E-state index in [-0.39, 0.29) is 23.7 Å². The summed E-state index contributed by atoms with van der Waals surface area (Å²) in [6.45, 7) is 0.422. The Labute approximate surface area is 111 Å². The number of nitrogens with zero attached hydrogens (tertiary/aromatic N) is 1. The van der Waals surface area contributed by atoms with Crippen molar-refractivity contribution in [2.24, 2.45) is 23.7 Å². The molecule has 1 aliphatic heterocycles. The maximum Gasteiger partial charge on any atom is 0.234 e. The molecule has 1 aromatic carbocycles. The third-order valence-electron chi connectivity index (χ3n) is 4.75. The first-order chi connectivity index (χ1) is 9.25. The van der Waals surface area contributed by atoms with Crippen LogP contribution >= 0.6 is 0 Å². The number of likely N-dealkylation sites (tertiary alicyclic amines) is 1. The maximum absolute atomic E-state index is 12.5. The first kappa shape index (κ1) is 11.0. The Morgan fingerprint density at radius 2 is 1.53 bits per heavy atom. The molecule has 3 nitrogen and oxygen atoms in total. The van der Waals surface area contributed by atoms with Crippen molar-refractivity contribution >= 4 is 11.8 Å². The summed E-state index contributed by atoms with van der Waals surface area (Å²) in [6, 6.07) is 9.73. The number of fused-ring (bicyclic) bond motifs is 5. The summed E-state index contributed by atoms with van der Waals surface area (Å²) in [6.07, 6.45) is 5.25. The summed E-state index contributed by atoms with van der Waals surface area (Å²) in [5.41, 5.74) is 1.02. The van der Waals surface area contributed by atoms with Gasteiger partial charge in [-0.25, -0.2) is 0 Å². The number of carbonyl (C=O) groups excluding carboxylic acids is 2. The minimum Gasteiger partial charge on any atom is -0.278 e. The lowest BCUT2D eigenvalue weighted by molar-refractivity contribution is -0.141. The van der Waals surface area contributed by atoms with Gasteiger partial charge in [-0.2, -0.15) is 0 Å². The van der Waals surface area contributed by atoms with Gasteiger partial charge in [0.2, 0.25) is 11.8 Å². The smallest absolute Gasteiger partial charge is 0.234 e. The van der Waals surface area contributed by atoms with Gasteiger partial charge in [0.25, 0.3) is 0 Å². The minimum atomic E-state index is -0.0776. The predicted molar refractivity (Wildman–Crippen MR) is 69.7 cm³/mol. The number of hydrogen-bond donors (Lipinski definition) is 0. The van der Waals surface area contributed by atoms with Crippen molar-refractivity contribution in [2.75, 3.05) is 0 Å². The van der Waals surface area contributed by atoms with E-state index < -0.39 is 0 Å². The molecular weight excluding hydrogens is 238 g/mol. The van der Waals surface area contributed by atoms with Gasteiger partial charge in [0.15, 0.2) is 0 Å². The number of amides is 2. The van der Waals surface area contributed by atoms with Crippen molar-refractivity contribution in [1.29, 1.82) is 0 Å². The van der Waals surface area contributed by atoms with Gasteiger partial charge in [-0.3, -0.25) is 14.5 Å². The first-order valence-electron chi connectivity index (χ1n) is 6.83. The van der Waals surface area contributed by atoms with Crippen molar-refractivity contribution in [2.45, 2.75) is 13.0 Å². The van der Waals surface area contributed by atoms with Crippen LogP contribution in [-0.4, -0.2) is 16.7 Å². The molecule has 3 aliphatic rings. The monoisotopic (exact) mass is 253 g/mol. The fourth-order valence-electron chi connectivity index (χ4n) is 3.89. The minimum absolute atomic E-state index is 0.0377. The largest absolute Gasteiger partial charge is 0.278 e. The molecular formula is C16H15NO2. The summed E-state index contributed by atoms with van der Waals surface area (Å²) in [5, 5.41) is 0. The second-order valence-electron chi connectivity index (χ2n) is 5.75. The second kappa shape index (κ2) is 3.80. The quantitative estimate of drug-likeness (QED) is 0.597. The number of carbonyl (C=O) groups is 2. The third-order valence-corrected chi connectivity index (χ3v) is 4.75. The van der Waals surface area contributed by atoms with Crippen LogP contribution in [0.5, 0.6) is 0 Å². The van der Waals surface area contributed by atoms with E-state index in [1.165, 1.54) is 4.90 Å². The normalized spacial score (nSPS) is 35.3. The van der Waals surface area contributed by atoms with Crippen LogP contribution < -0.4 is 0 Å². The lowest BCUT2D eigenvalue weighted by atomic mass is 9.85. The van der Waals surface area contributed by atoms with E-state index in [1.54, 1.807) is 0 Å². The lowest BCUT2D eigenvalue weighted by Crippen LogP contribution is -2.32. The Kier molecular flexibility index (Phi) is 2.19. The van der Waals surface area contributed by atoms with Gasteiger partial charge in [-0.05, 0) is 23.8 Å². The molecule has 0 N–H and O–H groups in total. The molecule has 2 fully saturated rings. The van der Waals surface area contributed by atoms with E-state index in [4.69, 9.17) is 0 Å². The summed E-state index contributed by atoms with van der Waals surface area (Å²) < 4.78 is 0. The second-order valence-corrected chi connectivity index (χ2v) is 5.75. The van der Waals surface area contributed by atoms with Gasteiger partial charge >= 0.3 is 0 Å². The Morgan fingerprint density at radius 3 is 2.11 bits per heavy atom. The highest BCUT2D eigenvalue weighted by Gasteiger charge is 2.58. The van der Waals surface area contributed by atoms with E-state index in [0.29, 0.717) is 18.4 Å². The molecule has 1 saturated carbocycles. The Bertz CT molecular complexity index is 548. The molecule has 1 heterocycles. The number of benzene rings is 1. The SMILES string of the molecule is O=C1[C@@H]2[C@H](C(=O)N1Cc1ccccc1)[C@@H]1C=C[C@H]2C1. The van der Waals surface area contributed by atoms with E-state index in [2.05, 4.69) is 12.2 Å². The third kappa shape index (κ3) is 1.44. The van der Waals surface area contributed by atoms with E-state index in [1.807, 2.05) is 30.3 Å². The average Bonchev–Trinajstić information content (AvgIpc) is 3.10. The van der Waals surface area contributed by atoms with Crippen molar-refractivity contribution in [1.82, 2.24) is 4.90 Å². The highest BCUT2D eigenvalue weighted by molar-refractivity contribution is 6.06. The Hall–Kier alpha value is -1.90. The number of allylic oxidation sites excluding steroid dienone is 2. The molecule has 2 aliphatic carbocycles. The van der Waals surface area contributed by atoms with Crippen molar-refractivity contribution in [3.63, 3.8) is 0 Å². The van der Waals surface area contributed by atoms with E-state index >= 15 is 0 Å². The number of imide groups is 1. The molecule has 0 radical (unpaired) electrons. The molecule has 4 atom stereocenters. The molecule has 0 spiro atoms. The molecule has 96 valence electrons. The van der Waals surface area contributed by atoms with Crippen LogP contribution in [0.15, 0.2) is 42.5 Å². The summed E-state index contributed by atoms with van der Waals surface area (Å²) in [4.78, 5) is 26.4. The van der Waals surface area contributed by atoms with E-state index in [0.717, 1.165) is 12.0 Å². The molecule has 0 unspecified atom stereocenters. The van der Waals surface area contributed by atoms with Crippen LogP contribution in [0, 0.1) is 23.7 Å². The maximum atomic E-state index is 12.5. The van der Waals surface area contributed by atoms with Crippen molar-refractivity contribution < 1.29 is 9.59 Å². The highest BCUT2D eigenvalue weighted by Crippen LogP contribution is 2.52. The van der Waals surface area contributed by atoms with Crippen molar-refractivity contribution in [3.05, 3.63) is 48.0 Å². The van der Waals surface area contributed by atoms with Crippen LogP contribution in [-0.2, 0) is 16.1 Å². The van der Waals surface area contributed by atoms with Gasteiger partial charge in [-0.15, -0.1) is 0 Å². The van der Waals surface area contributed by atoms with E-state index in [9.17, 15) is 9.59 Å². The van der Waals surface area contributed by atoms with Crippen LogP contribution in [0.4, 0.5) is 0 Å². The zero-order valence-corrected chi connectivity index (χ0v) is 10.5. The van der Waals surface area contributed by atoms with Gasteiger partial charge < -0.3 is 0 Å². The van der Waals surface area contributed by atoms with Gasteiger partial charge in [0, 0.05) is 0 Å². The topological polar surface area (TPSA) is 37.4 Å². The van der Waals surface area contributed by atoms with Gasteiger partial charge in [-0.1, -0.05) is 42.5 Å². The van der Waals surface area contributed by atoms with Crippen LogP contribution in [0.1, 0.15) is 12.0 Å². The molecule has 3 heteroatoms. The molecule has 4 rings (SSSR count). The Morgan fingerprint density at radius 1 is 0.947 bits per heavy atom. The summed E-state index contributed by atoms with van der Waals surface area (Å²) in [7, 11) is 0. The van der Waals surface area contributed by atoms with Crippen LogP contribution in [0.3, 0.4) is 0 Å². The molecule has 1 saturated heterocycles. The van der Waals surface area contributed by atoms with Crippen LogP contribution in [0.25, 0.3) is 0 Å². The van der Waals surface area contributed by atoms with Crippen molar-refractivity contribution in [3.8, 4) is 0 Å². The fraction of sp³-hybridized carbons (Fsp3) is 0.375. The van der Waals surface area contributed by atoms with Gasteiger partial charge in [0.1, 0.15) is 0 Å². The molecule has 2 bridgehead atoms. The average molecular weight is 253 g/mol. The van der Waals surface area contributed by atoms with Crippen LogP contribution in [0.2, 0.25) is 0 Å². The zero-order chi connectivity index (χ0) is 13.0. The number of rotatable bonds is 2. The highest BCUT2D eigenvalue weighted by atomic mass is 16.2. The van der Waals surface area contributed by atoms with Gasteiger partial charge in [0.05, 0.1) is 18.4 Å². The molecule has 0 aromatic heterocycles. The number of hydrogen-bond acceptors (Lipinski definition) is 2. The summed E-state index contributed by atoms with van der Waals surface area (Å²) in [5.74, 6) is 0.517. The Balaban J connectivity index is 1.62. The fourth-order valence-corrected chi connectivity index (χ4v) is 3.89. The predicted octanol–water partition coefficient (Wildman–Crippen LogP) is 1.99. The molecule has 19 heavy (non-hydrogen) atoms. The zero-order valence-electron chi connectivity index (χ0n) is 10.5. The molecule has 2 amide bonds. The standard InChI is InChI=1S/C16H15NO2/c18-15-13-11-6-7-12(8-11)14(13)16(19)17(15)9-10-4-2-1-3-5-10/h1-7,11-14H,8-9H2/t11-,12+,13-,14+. The molecule has 1 aromatic rings. The lowest BCUT2D eigenvalue weighted by Gasteiger charge is -2.17. The summed E-state index contributed by atoms with van der Waals surface area (Å²) >= 11 is 0. The first-order valence-corrected chi connectivity index (χ1v) is 6.83.